The Morgan fingerprint density at radius 3 is 2.58 bits per heavy atom. The predicted octanol–water partition coefficient (Wildman–Crippen LogP) is 2.30. The molecular formula is C12H14BrN5O. The molecule has 0 fully saturated rings. The Morgan fingerprint density at radius 2 is 1.89 bits per heavy atom. The van der Waals surface area contributed by atoms with Crippen LogP contribution in [-0.2, 0) is 6.54 Å². The molecule has 0 aliphatic rings. The van der Waals surface area contributed by atoms with Crippen molar-refractivity contribution in [1.82, 2.24) is 15.0 Å². The zero-order valence-electron chi connectivity index (χ0n) is 10.6. The smallest absolute Gasteiger partial charge is 0.322 e. The number of hydrogen-bond donors (Lipinski definition) is 2. The van der Waals surface area contributed by atoms with Crippen molar-refractivity contribution < 1.29 is 4.74 Å². The Hall–Kier alpha value is -1.89. The lowest BCUT2D eigenvalue weighted by Gasteiger charge is -2.08. The first kappa shape index (κ1) is 13.5. The topological polar surface area (TPSA) is 72.0 Å². The number of hydrogen-bond acceptors (Lipinski definition) is 6. The number of rotatable bonds is 5. The number of nitrogens with one attached hydrogen (secondary N) is 2. The van der Waals surface area contributed by atoms with Crippen LogP contribution in [0.3, 0.4) is 0 Å². The molecular weight excluding hydrogens is 310 g/mol. The third-order valence-electron chi connectivity index (χ3n) is 2.42. The van der Waals surface area contributed by atoms with Gasteiger partial charge in [-0.1, -0.05) is 34.1 Å². The van der Waals surface area contributed by atoms with Crippen molar-refractivity contribution in [3.8, 4) is 6.01 Å². The minimum atomic E-state index is 0.272. The van der Waals surface area contributed by atoms with Crippen LogP contribution in [0.5, 0.6) is 6.01 Å². The van der Waals surface area contributed by atoms with E-state index in [-0.39, 0.29) is 6.01 Å². The van der Waals surface area contributed by atoms with Gasteiger partial charge in [-0.2, -0.15) is 15.0 Å². The SMILES string of the molecule is CNc1nc(NCc2ccccc2Br)nc(OC)n1. The first-order valence-corrected chi connectivity index (χ1v) is 6.47. The summed E-state index contributed by atoms with van der Waals surface area (Å²) in [5, 5.41) is 6.00. The fourth-order valence-electron chi connectivity index (χ4n) is 1.45. The maximum absolute atomic E-state index is 5.02. The van der Waals surface area contributed by atoms with Gasteiger partial charge >= 0.3 is 6.01 Å². The Kier molecular flexibility index (Phi) is 4.51. The normalized spacial score (nSPS) is 10.1. The van der Waals surface area contributed by atoms with E-state index >= 15 is 0 Å². The summed E-state index contributed by atoms with van der Waals surface area (Å²) >= 11 is 3.50. The van der Waals surface area contributed by atoms with Crippen LogP contribution in [0.1, 0.15) is 5.56 Å². The summed E-state index contributed by atoms with van der Waals surface area (Å²) in [4.78, 5) is 12.4. The molecule has 2 rings (SSSR count). The molecule has 6 nitrogen and oxygen atoms in total. The minimum Gasteiger partial charge on any atom is -0.467 e. The molecule has 0 saturated carbocycles. The second-order valence-electron chi connectivity index (χ2n) is 3.66. The summed E-state index contributed by atoms with van der Waals surface area (Å²) in [6.07, 6.45) is 0. The summed E-state index contributed by atoms with van der Waals surface area (Å²) in [5.41, 5.74) is 1.12. The second kappa shape index (κ2) is 6.33. The number of methoxy groups -OCH3 is 1. The van der Waals surface area contributed by atoms with Crippen molar-refractivity contribution in [3.05, 3.63) is 34.3 Å². The highest BCUT2D eigenvalue weighted by Gasteiger charge is 2.06. The van der Waals surface area contributed by atoms with Crippen LogP contribution in [0.25, 0.3) is 0 Å². The van der Waals surface area contributed by atoms with Gasteiger partial charge in [0.25, 0.3) is 0 Å². The lowest BCUT2D eigenvalue weighted by Crippen LogP contribution is -2.08. The molecule has 0 saturated heterocycles. The third kappa shape index (κ3) is 3.54. The van der Waals surface area contributed by atoms with Gasteiger partial charge in [-0.25, -0.2) is 0 Å². The molecule has 7 heteroatoms. The molecule has 0 bridgehead atoms. The summed E-state index contributed by atoms with van der Waals surface area (Å²) < 4.78 is 6.06. The van der Waals surface area contributed by atoms with Crippen molar-refractivity contribution in [3.63, 3.8) is 0 Å². The first-order chi connectivity index (χ1) is 9.22. The highest BCUT2D eigenvalue weighted by atomic mass is 79.9. The maximum atomic E-state index is 5.02. The molecule has 0 amide bonds. The highest BCUT2D eigenvalue weighted by molar-refractivity contribution is 9.10. The predicted molar refractivity (Wildman–Crippen MR) is 77.4 cm³/mol. The number of anilines is 2. The largest absolute Gasteiger partial charge is 0.467 e. The molecule has 0 atom stereocenters. The Morgan fingerprint density at radius 1 is 1.16 bits per heavy atom. The third-order valence-corrected chi connectivity index (χ3v) is 3.19. The van der Waals surface area contributed by atoms with E-state index in [9.17, 15) is 0 Å². The average molecular weight is 324 g/mol. The molecule has 2 N–H and O–H groups in total. The Bertz CT molecular complexity index is 541. The van der Waals surface area contributed by atoms with Gasteiger partial charge in [0, 0.05) is 18.1 Å². The van der Waals surface area contributed by atoms with Crippen molar-refractivity contribution in [2.24, 2.45) is 0 Å². The van der Waals surface area contributed by atoms with Gasteiger partial charge in [0.1, 0.15) is 0 Å². The maximum Gasteiger partial charge on any atom is 0.322 e. The zero-order chi connectivity index (χ0) is 13.7. The Labute approximate surface area is 119 Å². The van der Waals surface area contributed by atoms with Crippen molar-refractivity contribution in [1.29, 1.82) is 0 Å². The van der Waals surface area contributed by atoms with Crippen LogP contribution in [0.2, 0.25) is 0 Å². The van der Waals surface area contributed by atoms with Gasteiger partial charge in [-0.3, -0.25) is 0 Å². The van der Waals surface area contributed by atoms with E-state index < -0.39 is 0 Å². The van der Waals surface area contributed by atoms with Crippen LogP contribution in [0.15, 0.2) is 28.7 Å². The number of aromatic nitrogens is 3. The average Bonchev–Trinajstić information content (AvgIpc) is 2.46. The van der Waals surface area contributed by atoms with E-state index in [0.717, 1.165) is 10.0 Å². The summed E-state index contributed by atoms with van der Waals surface area (Å²) in [6, 6.07) is 8.24. The number of ether oxygens (including phenoxy) is 1. The van der Waals surface area contributed by atoms with Gasteiger partial charge in [-0.05, 0) is 11.6 Å². The quantitative estimate of drug-likeness (QED) is 0.879. The molecule has 0 radical (unpaired) electrons. The second-order valence-corrected chi connectivity index (χ2v) is 4.52. The lowest BCUT2D eigenvalue weighted by molar-refractivity contribution is 0.379. The van der Waals surface area contributed by atoms with E-state index in [0.29, 0.717) is 18.4 Å². The van der Waals surface area contributed by atoms with Gasteiger partial charge in [0.05, 0.1) is 7.11 Å². The van der Waals surface area contributed by atoms with Gasteiger partial charge in [0.15, 0.2) is 0 Å². The van der Waals surface area contributed by atoms with Crippen LogP contribution in [0, 0.1) is 0 Å². The van der Waals surface area contributed by atoms with Crippen molar-refractivity contribution in [2.45, 2.75) is 6.54 Å². The van der Waals surface area contributed by atoms with E-state index in [1.165, 1.54) is 7.11 Å². The molecule has 0 aliphatic carbocycles. The van der Waals surface area contributed by atoms with E-state index in [1.807, 2.05) is 24.3 Å². The molecule has 2 aromatic rings. The van der Waals surface area contributed by atoms with Crippen LogP contribution < -0.4 is 15.4 Å². The van der Waals surface area contributed by atoms with E-state index in [2.05, 4.69) is 41.5 Å². The van der Waals surface area contributed by atoms with E-state index in [4.69, 9.17) is 4.74 Å². The monoisotopic (exact) mass is 323 g/mol. The highest BCUT2D eigenvalue weighted by Crippen LogP contribution is 2.17. The number of halogens is 1. The fraction of sp³-hybridized carbons (Fsp3) is 0.250. The zero-order valence-corrected chi connectivity index (χ0v) is 12.2. The van der Waals surface area contributed by atoms with Crippen molar-refractivity contribution in [2.75, 3.05) is 24.8 Å². The molecule has 0 unspecified atom stereocenters. The lowest BCUT2D eigenvalue weighted by atomic mass is 10.2. The summed E-state index contributed by atoms with van der Waals surface area (Å²) in [5.74, 6) is 0.924. The molecule has 0 aliphatic heterocycles. The standard InChI is InChI=1S/C12H14BrN5O/c1-14-10-16-11(18-12(17-10)19-2)15-7-8-5-3-4-6-9(8)13/h3-6H,7H2,1-2H3,(H2,14,15,16,17,18). The van der Waals surface area contributed by atoms with Gasteiger partial charge in [0.2, 0.25) is 11.9 Å². The van der Waals surface area contributed by atoms with Gasteiger partial charge in [-0.15, -0.1) is 0 Å². The van der Waals surface area contributed by atoms with Crippen LogP contribution in [-0.4, -0.2) is 29.1 Å². The molecule has 1 heterocycles. The van der Waals surface area contributed by atoms with E-state index in [1.54, 1.807) is 7.05 Å². The summed E-state index contributed by atoms with van der Waals surface area (Å²) in [7, 11) is 3.26. The molecule has 100 valence electrons. The first-order valence-electron chi connectivity index (χ1n) is 5.68. The molecule has 19 heavy (non-hydrogen) atoms. The van der Waals surface area contributed by atoms with Crippen molar-refractivity contribution >= 4 is 27.8 Å². The minimum absolute atomic E-state index is 0.272. The number of nitrogens with zero attached hydrogens (tertiary/aromatic N) is 3. The molecule has 1 aromatic carbocycles. The molecule has 1 aromatic heterocycles. The molecule has 0 spiro atoms. The van der Waals surface area contributed by atoms with Gasteiger partial charge < -0.3 is 15.4 Å². The summed E-state index contributed by atoms with van der Waals surface area (Å²) in [6.45, 7) is 0.609. The van der Waals surface area contributed by atoms with Crippen LogP contribution >= 0.6 is 15.9 Å². The van der Waals surface area contributed by atoms with Crippen LogP contribution in [0.4, 0.5) is 11.9 Å². The number of benzene rings is 1. The fourth-order valence-corrected chi connectivity index (χ4v) is 1.88. The Balaban J connectivity index is 2.13.